The molecule has 2 heterocycles. The van der Waals surface area contributed by atoms with Crippen LogP contribution in [0.2, 0.25) is 0 Å². The Balaban J connectivity index is 2.17. The number of hydrogen-bond acceptors (Lipinski definition) is 4. The summed E-state index contributed by atoms with van der Waals surface area (Å²) < 4.78 is 5.29. The van der Waals surface area contributed by atoms with Crippen LogP contribution in [0.15, 0.2) is 34.3 Å². The van der Waals surface area contributed by atoms with Crippen LogP contribution < -0.4 is 0 Å². The molecular weight excluding hydrogens is 272 g/mol. The van der Waals surface area contributed by atoms with E-state index in [0.717, 1.165) is 22.6 Å². The zero-order chi connectivity index (χ0) is 14.4. The molecule has 1 amide bonds. The van der Waals surface area contributed by atoms with Gasteiger partial charge in [0, 0.05) is 6.54 Å². The maximum absolute atomic E-state index is 12.6. The number of nitrogens with zero attached hydrogens (tertiary/aromatic N) is 2. The van der Waals surface area contributed by atoms with E-state index in [0.29, 0.717) is 19.5 Å². The van der Waals surface area contributed by atoms with Crippen LogP contribution in [0, 0.1) is 11.3 Å². The van der Waals surface area contributed by atoms with Crippen LogP contribution in [-0.2, 0) is 13.0 Å². The summed E-state index contributed by atoms with van der Waals surface area (Å²) in [4.78, 5) is 15.0. The van der Waals surface area contributed by atoms with E-state index in [1.165, 1.54) is 11.3 Å². The fourth-order valence-corrected chi connectivity index (χ4v) is 2.94. The minimum atomic E-state index is -0.0245. The SMILES string of the molecule is CCc1ccsc1C(=O)N(CCC#N)Cc1ccco1. The third-order valence-electron chi connectivity index (χ3n) is 3.03. The molecule has 0 atom stereocenters. The van der Waals surface area contributed by atoms with Crippen molar-refractivity contribution in [2.75, 3.05) is 6.54 Å². The Morgan fingerprint density at radius 2 is 2.35 bits per heavy atom. The summed E-state index contributed by atoms with van der Waals surface area (Å²) in [6, 6.07) is 7.70. The molecule has 20 heavy (non-hydrogen) atoms. The molecule has 0 aromatic carbocycles. The quantitative estimate of drug-likeness (QED) is 0.818. The lowest BCUT2D eigenvalue weighted by Gasteiger charge is -2.20. The minimum absolute atomic E-state index is 0.0245. The number of nitriles is 1. The van der Waals surface area contributed by atoms with Crippen molar-refractivity contribution in [3.8, 4) is 6.07 Å². The standard InChI is InChI=1S/C15H16N2O2S/c1-2-12-6-10-20-14(12)15(18)17(8-4-7-16)11-13-5-3-9-19-13/h3,5-6,9-10H,2,4,8,11H2,1H3. The minimum Gasteiger partial charge on any atom is -0.467 e. The van der Waals surface area contributed by atoms with Crippen molar-refractivity contribution in [3.63, 3.8) is 0 Å². The smallest absolute Gasteiger partial charge is 0.264 e. The Morgan fingerprint density at radius 3 is 3.00 bits per heavy atom. The van der Waals surface area contributed by atoms with Crippen molar-refractivity contribution in [2.45, 2.75) is 26.3 Å². The van der Waals surface area contributed by atoms with Gasteiger partial charge >= 0.3 is 0 Å². The summed E-state index contributed by atoms with van der Waals surface area (Å²) in [5.74, 6) is 0.703. The number of hydrogen-bond donors (Lipinski definition) is 0. The molecule has 0 saturated carbocycles. The summed E-state index contributed by atoms with van der Waals surface area (Å²) in [6.07, 6.45) is 2.74. The second-order valence-electron chi connectivity index (χ2n) is 4.34. The Hall–Kier alpha value is -2.06. The van der Waals surface area contributed by atoms with Gasteiger partial charge in [-0.1, -0.05) is 6.92 Å². The second-order valence-corrected chi connectivity index (χ2v) is 5.26. The molecule has 4 nitrogen and oxygen atoms in total. The number of amides is 1. The predicted molar refractivity (Wildman–Crippen MR) is 77.4 cm³/mol. The fourth-order valence-electron chi connectivity index (χ4n) is 1.97. The third kappa shape index (κ3) is 3.28. The molecule has 2 aromatic heterocycles. The Bertz CT molecular complexity index is 596. The first-order valence-corrected chi connectivity index (χ1v) is 7.39. The van der Waals surface area contributed by atoms with Crippen molar-refractivity contribution >= 4 is 17.2 Å². The van der Waals surface area contributed by atoms with Gasteiger partial charge in [0.25, 0.3) is 5.91 Å². The number of carbonyl (C=O) groups is 1. The fraction of sp³-hybridized carbons (Fsp3) is 0.333. The van der Waals surface area contributed by atoms with Gasteiger partial charge in [0.15, 0.2) is 0 Å². The number of furan rings is 1. The van der Waals surface area contributed by atoms with Gasteiger partial charge < -0.3 is 9.32 Å². The average Bonchev–Trinajstić information content (AvgIpc) is 3.13. The predicted octanol–water partition coefficient (Wildman–Crippen LogP) is 3.46. The molecule has 0 unspecified atom stereocenters. The van der Waals surface area contributed by atoms with Gasteiger partial charge in [0.05, 0.1) is 30.2 Å². The van der Waals surface area contributed by atoms with Crippen LogP contribution in [0.3, 0.4) is 0 Å². The molecule has 5 heteroatoms. The highest BCUT2D eigenvalue weighted by Crippen LogP contribution is 2.21. The van der Waals surface area contributed by atoms with E-state index < -0.39 is 0 Å². The van der Waals surface area contributed by atoms with Gasteiger partial charge in [-0.05, 0) is 35.6 Å². The largest absolute Gasteiger partial charge is 0.467 e. The summed E-state index contributed by atoms with van der Waals surface area (Å²) in [5, 5.41) is 10.7. The molecule has 0 radical (unpaired) electrons. The zero-order valence-corrected chi connectivity index (χ0v) is 12.2. The Labute approximate surface area is 122 Å². The molecular formula is C15H16N2O2S. The molecule has 0 bridgehead atoms. The highest BCUT2D eigenvalue weighted by atomic mass is 32.1. The summed E-state index contributed by atoms with van der Waals surface area (Å²) in [7, 11) is 0. The van der Waals surface area contributed by atoms with Crippen LogP contribution in [0.5, 0.6) is 0 Å². The molecule has 0 aliphatic carbocycles. The van der Waals surface area contributed by atoms with Crippen molar-refractivity contribution in [2.24, 2.45) is 0 Å². The van der Waals surface area contributed by atoms with Crippen molar-refractivity contribution < 1.29 is 9.21 Å². The van der Waals surface area contributed by atoms with Crippen molar-refractivity contribution in [1.82, 2.24) is 4.90 Å². The first-order chi connectivity index (χ1) is 9.76. The van der Waals surface area contributed by atoms with Crippen LogP contribution in [0.25, 0.3) is 0 Å². The van der Waals surface area contributed by atoms with E-state index in [9.17, 15) is 4.79 Å². The normalized spacial score (nSPS) is 10.2. The van der Waals surface area contributed by atoms with E-state index in [1.54, 1.807) is 17.2 Å². The maximum atomic E-state index is 12.6. The monoisotopic (exact) mass is 288 g/mol. The van der Waals surface area contributed by atoms with Crippen LogP contribution in [0.1, 0.15) is 34.3 Å². The first kappa shape index (κ1) is 14.4. The molecule has 2 aromatic rings. The van der Waals surface area contributed by atoms with Crippen LogP contribution in [0.4, 0.5) is 0 Å². The number of thiophene rings is 1. The lowest BCUT2D eigenvalue weighted by molar-refractivity contribution is 0.0739. The summed E-state index contributed by atoms with van der Waals surface area (Å²) >= 11 is 1.45. The summed E-state index contributed by atoms with van der Waals surface area (Å²) in [5.41, 5.74) is 1.06. The molecule has 0 fully saturated rings. The van der Waals surface area contributed by atoms with Gasteiger partial charge in [0.1, 0.15) is 5.76 Å². The zero-order valence-electron chi connectivity index (χ0n) is 11.3. The first-order valence-electron chi connectivity index (χ1n) is 6.51. The molecule has 2 rings (SSSR count). The van der Waals surface area contributed by atoms with E-state index in [1.807, 2.05) is 24.4 Å². The van der Waals surface area contributed by atoms with Crippen LogP contribution >= 0.6 is 11.3 Å². The third-order valence-corrected chi connectivity index (χ3v) is 3.97. The van der Waals surface area contributed by atoms with Gasteiger partial charge in [0.2, 0.25) is 0 Å². The molecule has 104 valence electrons. The summed E-state index contributed by atoms with van der Waals surface area (Å²) in [6.45, 7) is 2.84. The Kier molecular flexibility index (Phi) is 4.97. The van der Waals surface area contributed by atoms with E-state index >= 15 is 0 Å². The molecule has 0 spiro atoms. The highest BCUT2D eigenvalue weighted by Gasteiger charge is 2.20. The van der Waals surface area contributed by atoms with E-state index in [-0.39, 0.29) is 5.91 Å². The van der Waals surface area contributed by atoms with E-state index in [2.05, 4.69) is 6.07 Å². The second kappa shape index (κ2) is 6.92. The van der Waals surface area contributed by atoms with Gasteiger partial charge in [-0.3, -0.25) is 4.79 Å². The molecule has 0 N–H and O–H groups in total. The van der Waals surface area contributed by atoms with Crippen molar-refractivity contribution in [3.05, 3.63) is 46.0 Å². The molecule has 0 aliphatic heterocycles. The van der Waals surface area contributed by atoms with Gasteiger partial charge in [-0.25, -0.2) is 0 Å². The average molecular weight is 288 g/mol. The lowest BCUT2D eigenvalue weighted by Crippen LogP contribution is -2.31. The molecule has 0 aliphatic rings. The van der Waals surface area contributed by atoms with Crippen LogP contribution in [-0.4, -0.2) is 17.4 Å². The lowest BCUT2D eigenvalue weighted by atomic mass is 10.2. The Morgan fingerprint density at radius 1 is 1.50 bits per heavy atom. The van der Waals surface area contributed by atoms with E-state index in [4.69, 9.17) is 9.68 Å². The molecule has 0 saturated heterocycles. The number of rotatable bonds is 6. The number of carbonyl (C=O) groups excluding carboxylic acids is 1. The maximum Gasteiger partial charge on any atom is 0.264 e. The topological polar surface area (TPSA) is 57.2 Å². The van der Waals surface area contributed by atoms with Gasteiger partial charge in [-0.15, -0.1) is 11.3 Å². The van der Waals surface area contributed by atoms with Gasteiger partial charge in [-0.2, -0.15) is 5.26 Å². The highest BCUT2D eigenvalue weighted by molar-refractivity contribution is 7.12. The number of aryl methyl sites for hydroxylation is 1. The van der Waals surface area contributed by atoms with Crippen molar-refractivity contribution in [1.29, 1.82) is 5.26 Å².